The van der Waals surface area contributed by atoms with E-state index >= 15 is 0 Å². The Hall–Kier alpha value is -2.28. The maximum absolute atomic E-state index is 12.6. The van der Waals surface area contributed by atoms with Crippen molar-refractivity contribution < 1.29 is 8.42 Å². The molecule has 6 heteroatoms. The highest BCUT2D eigenvalue weighted by Crippen LogP contribution is 2.21. The summed E-state index contributed by atoms with van der Waals surface area (Å²) in [5.74, 6) is 0. The van der Waals surface area contributed by atoms with Crippen LogP contribution in [0.3, 0.4) is 0 Å². The van der Waals surface area contributed by atoms with E-state index in [0.717, 1.165) is 5.56 Å². The van der Waals surface area contributed by atoms with E-state index < -0.39 is 16.1 Å². The van der Waals surface area contributed by atoms with E-state index in [1.165, 1.54) is 0 Å². The highest BCUT2D eigenvalue weighted by Gasteiger charge is 2.18. The van der Waals surface area contributed by atoms with E-state index in [1.54, 1.807) is 36.5 Å². The molecule has 3 rings (SSSR count). The van der Waals surface area contributed by atoms with Crippen LogP contribution in [-0.2, 0) is 10.0 Å². The van der Waals surface area contributed by atoms with Crippen molar-refractivity contribution in [1.29, 1.82) is 0 Å². The normalized spacial score (nSPS) is 13.1. The van der Waals surface area contributed by atoms with Gasteiger partial charge in [0.15, 0.2) is 0 Å². The van der Waals surface area contributed by atoms with Crippen molar-refractivity contribution >= 4 is 20.9 Å². The van der Waals surface area contributed by atoms with Gasteiger partial charge in [-0.05, 0) is 29.8 Å². The van der Waals surface area contributed by atoms with Crippen LogP contribution >= 0.6 is 0 Å². The van der Waals surface area contributed by atoms with Crippen molar-refractivity contribution in [3.63, 3.8) is 0 Å². The van der Waals surface area contributed by atoms with Gasteiger partial charge in [-0.1, -0.05) is 36.4 Å². The Bertz CT molecular complexity index is 906. The Labute approximate surface area is 135 Å². The molecule has 0 amide bonds. The number of nitrogens with zero attached hydrogens (tertiary/aromatic N) is 1. The van der Waals surface area contributed by atoms with E-state index in [2.05, 4.69) is 9.71 Å². The van der Waals surface area contributed by atoms with E-state index in [9.17, 15) is 8.42 Å². The molecule has 118 valence electrons. The summed E-state index contributed by atoms with van der Waals surface area (Å²) in [5.41, 5.74) is 7.58. The third-order valence-corrected chi connectivity index (χ3v) is 5.10. The van der Waals surface area contributed by atoms with Gasteiger partial charge in [0.25, 0.3) is 0 Å². The van der Waals surface area contributed by atoms with Crippen molar-refractivity contribution in [2.45, 2.75) is 10.9 Å². The Morgan fingerprint density at radius 3 is 2.57 bits per heavy atom. The fraction of sp³-hybridized carbons (Fsp3) is 0.118. The zero-order valence-corrected chi connectivity index (χ0v) is 13.2. The number of sulfonamides is 1. The van der Waals surface area contributed by atoms with Crippen molar-refractivity contribution in [3.05, 3.63) is 72.4 Å². The maximum atomic E-state index is 12.6. The molecule has 1 heterocycles. The highest BCUT2D eigenvalue weighted by molar-refractivity contribution is 7.89. The molecular formula is C17H17N3O2S. The van der Waals surface area contributed by atoms with Gasteiger partial charge in [-0.3, -0.25) is 4.98 Å². The zero-order chi connectivity index (χ0) is 16.3. The molecule has 2 aromatic carbocycles. The van der Waals surface area contributed by atoms with Crippen LogP contribution in [0.4, 0.5) is 0 Å². The number of nitrogens with two attached hydrogens (primary N) is 1. The summed E-state index contributed by atoms with van der Waals surface area (Å²) in [6.45, 7) is 0.128. The molecule has 0 radical (unpaired) electrons. The predicted molar refractivity (Wildman–Crippen MR) is 90.3 cm³/mol. The number of pyridine rings is 1. The van der Waals surface area contributed by atoms with Crippen LogP contribution in [0.15, 0.2) is 71.8 Å². The largest absolute Gasteiger partial charge is 0.323 e. The summed E-state index contributed by atoms with van der Waals surface area (Å²) in [7, 11) is -3.66. The molecule has 23 heavy (non-hydrogen) atoms. The summed E-state index contributed by atoms with van der Waals surface area (Å²) in [6, 6.07) is 17.5. The lowest BCUT2D eigenvalue weighted by Gasteiger charge is -2.14. The Balaban J connectivity index is 1.84. The van der Waals surface area contributed by atoms with Crippen LogP contribution in [-0.4, -0.2) is 19.9 Å². The van der Waals surface area contributed by atoms with Crippen LogP contribution in [0.25, 0.3) is 10.9 Å². The molecule has 0 aliphatic rings. The lowest BCUT2D eigenvalue weighted by Crippen LogP contribution is -2.32. The molecule has 0 bridgehead atoms. The standard InChI is InChI=1S/C17H17N3O2S/c18-15(13-6-2-1-3-7-13)12-20-23(21,22)17-10-4-9-16-14(17)8-5-11-19-16/h1-11,15,20H,12,18H2. The minimum atomic E-state index is -3.66. The molecule has 0 aliphatic heterocycles. The molecule has 0 aliphatic carbocycles. The fourth-order valence-electron chi connectivity index (χ4n) is 2.40. The second kappa shape index (κ2) is 6.45. The first kappa shape index (κ1) is 15.6. The SMILES string of the molecule is NC(CNS(=O)(=O)c1cccc2ncccc12)c1ccccc1. The van der Waals surface area contributed by atoms with Gasteiger partial charge in [0.1, 0.15) is 0 Å². The van der Waals surface area contributed by atoms with Gasteiger partial charge in [-0.25, -0.2) is 13.1 Å². The Morgan fingerprint density at radius 1 is 1.00 bits per heavy atom. The van der Waals surface area contributed by atoms with Gasteiger partial charge in [0.2, 0.25) is 10.0 Å². The monoisotopic (exact) mass is 327 g/mol. The summed E-state index contributed by atoms with van der Waals surface area (Å²) < 4.78 is 27.8. The molecule has 0 spiro atoms. The van der Waals surface area contributed by atoms with E-state index in [4.69, 9.17) is 5.73 Å². The topological polar surface area (TPSA) is 85.1 Å². The van der Waals surface area contributed by atoms with Gasteiger partial charge in [-0.15, -0.1) is 0 Å². The Kier molecular flexibility index (Phi) is 4.38. The number of rotatable bonds is 5. The van der Waals surface area contributed by atoms with Gasteiger partial charge >= 0.3 is 0 Å². The molecule has 3 aromatic rings. The van der Waals surface area contributed by atoms with E-state index in [-0.39, 0.29) is 11.4 Å². The van der Waals surface area contributed by atoms with Crippen LogP contribution in [0, 0.1) is 0 Å². The summed E-state index contributed by atoms with van der Waals surface area (Å²) in [4.78, 5) is 4.39. The number of fused-ring (bicyclic) bond motifs is 1. The number of hydrogen-bond donors (Lipinski definition) is 2. The lowest BCUT2D eigenvalue weighted by atomic mass is 10.1. The predicted octanol–water partition coefficient (Wildman–Crippen LogP) is 2.21. The van der Waals surface area contributed by atoms with Gasteiger partial charge in [0, 0.05) is 24.2 Å². The van der Waals surface area contributed by atoms with Crippen LogP contribution in [0.5, 0.6) is 0 Å². The van der Waals surface area contributed by atoms with Crippen LogP contribution in [0.1, 0.15) is 11.6 Å². The van der Waals surface area contributed by atoms with E-state index in [0.29, 0.717) is 10.9 Å². The average molecular weight is 327 g/mol. The smallest absolute Gasteiger partial charge is 0.241 e. The summed E-state index contributed by atoms with van der Waals surface area (Å²) in [5, 5.41) is 0.593. The van der Waals surface area contributed by atoms with Crippen molar-refractivity contribution in [2.24, 2.45) is 5.73 Å². The highest BCUT2D eigenvalue weighted by atomic mass is 32.2. The molecule has 0 saturated carbocycles. The summed E-state index contributed by atoms with van der Waals surface area (Å²) in [6.07, 6.45) is 1.64. The molecular weight excluding hydrogens is 310 g/mol. The van der Waals surface area contributed by atoms with Gasteiger partial charge in [-0.2, -0.15) is 0 Å². The second-order valence-corrected chi connectivity index (χ2v) is 6.93. The van der Waals surface area contributed by atoms with Crippen molar-refractivity contribution in [3.8, 4) is 0 Å². The first-order valence-electron chi connectivity index (χ1n) is 7.22. The first-order valence-corrected chi connectivity index (χ1v) is 8.70. The zero-order valence-electron chi connectivity index (χ0n) is 12.4. The minimum absolute atomic E-state index is 0.128. The third kappa shape index (κ3) is 3.39. The summed E-state index contributed by atoms with van der Waals surface area (Å²) >= 11 is 0. The molecule has 1 unspecified atom stereocenters. The van der Waals surface area contributed by atoms with E-state index in [1.807, 2.05) is 30.3 Å². The molecule has 1 aromatic heterocycles. The number of nitrogens with one attached hydrogen (secondary N) is 1. The molecule has 1 atom stereocenters. The van der Waals surface area contributed by atoms with Crippen molar-refractivity contribution in [2.75, 3.05) is 6.54 Å². The average Bonchev–Trinajstić information content (AvgIpc) is 2.60. The number of benzene rings is 2. The van der Waals surface area contributed by atoms with Gasteiger partial charge in [0.05, 0.1) is 10.4 Å². The molecule has 5 nitrogen and oxygen atoms in total. The fourth-order valence-corrected chi connectivity index (χ4v) is 3.68. The Morgan fingerprint density at radius 2 is 1.78 bits per heavy atom. The number of hydrogen-bond acceptors (Lipinski definition) is 4. The lowest BCUT2D eigenvalue weighted by molar-refractivity contribution is 0.573. The minimum Gasteiger partial charge on any atom is -0.323 e. The first-order chi connectivity index (χ1) is 11.1. The van der Waals surface area contributed by atoms with Crippen molar-refractivity contribution in [1.82, 2.24) is 9.71 Å². The molecule has 0 fully saturated rings. The van der Waals surface area contributed by atoms with Crippen LogP contribution < -0.4 is 10.5 Å². The van der Waals surface area contributed by atoms with Gasteiger partial charge < -0.3 is 5.73 Å². The van der Waals surface area contributed by atoms with Crippen LogP contribution in [0.2, 0.25) is 0 Å². The number of aromatic nitrogens is 1. The second-order valence-electron chi connectivity index (χ2n) is 5.20. The molecule has 3 N–H and O–H groups in total. The quantitative estimate of drug-likeness (QED) is 0.752. The third-order valence-electron chi connectivity index (χ3n) is 3.62. The molecule has 0 saturated heterocycles. The maximum Gasteiger partial charge on any atom is 0.241 e.